The second kappa shape index (κ2) is 5.47. The van der Waals surface area contributed by atoms with Crippen molar-refractivity contribution in [1.82, 2.24) is 5.32 Å². The number of hydrogen-bond acceptors (Lipinski definition) is 5. The van der Waals surface area contributed by atoms with Gasteiger partial charge in [0.25, 0.3) is 0 Å². The Morgan fingerprint density at radius 1 is 1.26 bits per heavy atom. The van der Waals surface area contributed by atoms with E-state index in [2.05, 4.69) is 5.32 Å². The van der Waals surface area contributed by atoms with Crippen LogP contribution in [-0.4, -0.2) is 31.2 Å². The molecule has 0 aliphatic carbocycles. The van der Waals surface area contributed by atoms with E-state index < -0.39 is 18.0 Å². The number of benzene rings is 1. The highest BCUT2D eigenvalue weighted by molar-refractivity contribution is 5.97. The molecule has 0 radical (unpaired) electrons. The maximum atomic E-state index is 11.5. The molecule has 1 aromatic carbocycles. The molecule has 0 saturated heterocycles. The molecular weight excluding hydrogens is 250 g/mol. The van der Waals surface area contributed by atoms with Crippen LogP contribution in [0.1, 0.15) is 6.92 Å². The normalized spacial score (nSPS) is 14.4. The van der Waals surface area contributed by atoms with Crippen LogP contribution in [0.2, 0.25) is 0 Å². The molecule has 7 nitrogen and oxygen atoms in total. The molecule has 0 saturated carbocycles. The van der Waals surface area contributed by atoms with Crippen molar-refractivity contribution < 1.29 is 19.1 Å². The number of carbonyl (C=O) groups is 2. The molecular formula is C12H15N3O4. The zero-order chi connectivity index (χ0) is 13.8. The Morgan fingerprint density at radius 3 is 2.63 bits per heavy atom. The number of primary amides is 1. The Hall–Kier alpha value is -2.44. The van der Waals surface area contributed by atoms with Crippen molar-refractivity contribution in [2.24, 2.45) is 5.73 Å². The molecule has 102 valence electrons. The van der Waals surface area contributed by atoms with Crippen LogP contribution in [0, 0.1) is 0 Å². The molecule has 2 rings (SSSR count). The predicted octanol–water partition coefficient (Wildman–Crippen LogP) is 0.453. The quantitative estimate of drug-likeness (QED) is 0.736. The van der Waals surface area contributed by atoms with E-state index in [1.54, 1.807) is 25.1 Å². The first-order valence-corrected chi connectivity index (χ1v) is 5.83. The third-order valence-corrected chi connectivity index (χ3v) is 2.57. The Balaban J connectivity index is 2.02. The van der Waals surface area contributed by atoms with Crippen LogP contribution in [0.25, 0.3) is 0 Å². The van der Waals surface area contributed by atoms with Gasteiger partial charge in [-0.05, 0) is 19.1 Å². The lowest BCUT2D eigenvalue weighted by Crippen LogP contribution is -2.43. The molecule has 0 fully saturated rings. The monoisotopic (exact) mass is 265 g/mol. The van der Waals surface area contributed by atoms with Gasteiger partial charge in [0.1, 0.15) is 19.3 Å². The van der Waals surface area contributed by atoms with Crippen molar-refractivity contribution >= 4 is 17.6 Å². The number of ether oxygens (including phenoxy) is 2. The zero-order valence-electron chi connectivity index (χ0n) is 10.4. The molecule has 0 bridgehead atoms. The minimum Gasteiger partial charge on any atom is -0.486 e. The lowest BCUT2D eigenvalue weighted by atomic mass is 10.2. The number of fused-ring (bicyclic) bond motifs is 1. The van der Waals surface area contributed by atoms with Crippen LogP contribution in [-0.2, 0) is 4.79 Å². The first-order chi connectivity index (χ1) is 9.06. The van der Waals surface area contributed by atoms with E-state index in [0.29, 0.717) is 30.4 Å². The number of imide groups is 1. The second-order valence-electron chi connectivity index (χ2n) is 4.08. The number of nitrogens with one attached hydrogen (secondary N) is 2. The maximum Gasteiger partial charge on any atom is 0.318 e. The van der Waals surface area contributed by atoms with Gasteiger partial charge in [0, 0.05) is 11.8 Å². The van der Waals surface area contributed by atoms with Gasteiger partial charge in [-0.2, -0.15) is 0 Å². The molecule has 0 spiro atoms. The Kier molecular flexibility index (Phi) is 3.74. The average Bonchev–Trinajstić information content (AvgIpc) is 2.37. The SMILES string of the molecule is CC(Nc1ccc2c(c1)OCCO2)C(=O)NC(N)=O. The molecule has 3 amide bonds. The van der Waals surface area contributed by atoms with E-state index in [1.807, 2.05) is 5.32 Å². The van der Waals surface area contributed by atoms with Crippen LogP contribution in [0.4, 0.5) is 10.5 Å². The van der Waals surface area contributed by atoms with Crippen molar-refractivity contribution in [1.29, 1.82) is 0 Å². The number of rotatable bonds is 3. The fourth-order valence-corrected chi connectivity index (χ4v) is 1.68. The third kappa shape index (κ3) is 3.27. The molecule has 1 aliphatic heterocycles. The summed E-state index contributed by atoms with van der Waals surface area (Å²) in [5.74, 6) is 0.798. The van der Waals surface area contributed by atoms with Crippen LogP contribution in [0.5, 0.6) is 11.5 Å². The number of carbonyl (C=O) groups excluding carboxylic acids is 2. The van der Waals surface area contributed by atoms with Crippen LogP contribution in [0.15, 0.2) is 18.2 Å². The van der Waals surface area contributed by atoms with Gasteiger partial charge in [-0.3, -0.25) is 10.1 Å². The number of nitrogens with two attached hydrogens (primary N) is 1. The first-order valence-electron chi connectivity index (χ1n) is 5.83. The number of urea groups is 1. The molecule has 1 aromatic rings. The van der Waals surface area contributed by atoms with Gasteiger partial charge in [-0.1, -0.05) is 0 Å². The highest BCUT2D eigenvalue weighted by atomic mass is 16.6. The highest BCUT2D eigenvalue weighted by Gasteiger charge is 2.16. The third-order valence-electron chi connectivity index (χ3n) is 2.57. The van der Waals surface area contributed by atoms with E-state index in [0.717, 1.165) is 0 Å². The summed E-state index contributed by atoms with van der Waals surface area (Å²) in [6, 6.07) is 3.79. The largest absolute Gasteiger partial charge is 0.486 e. The van der Waals surface area contributed by atoms with Crippen molar-refractivity contribution in [3.05, 3.63) is 18.2 Å². The average molecular weight is 265 g/mol. The number of hydrogen-bond donors (Lipinski definition) is 3. The highest BCUT2D eigenvalue weighted by Crippen LogP contribution is 2.32. The minimum atomic E-state index is -0.874. The topological polar surface area (TPSA) is 103 Å². The fourth-order valence-electron chi connectivity index (χ4n) is 1.68. The summed E-state index contributed by atoms with van der Waals surface area (Å²) in [4.78, 5) is 22.1. The molecule has 4 N–H and O–H groups in total. The minimum absolute atomic E-state index is 0.494. The smallest absolute Gasteiger partial charge is 0.318 e. The molecule has 1 aliphatic rings. The summed E-state index contributed by atoms with van der Waals surface area (Å²) in [7, 11) is 0. The molecule has 7 heteroatoms. The standard InChI is InChI=1S/C12H15N3O4/c1-7(11(16)15-12(13)17)14-8-2-3-9-10(6-8)19-5-4-18-9/h2-3,6-7,14H,4-5H2,1H3,(H3,13,15,16,17). The second-order valence-corrected chi connectivity index (χ2v) is 4.08. The van der Waals surface area contributed by atoms with Gasteiger partial charge in [-0.15, -0.1) is 0 Å². The van der Waals surface area contributed by atoms with Gasteiger partial charge in [0.05, 0.1) is 0 Å². The van der Waals surface area contributed by atoms with Gasteiger partial charge in [0.15, 0.2) is 11.5 Å². The lowest BCUT2D eigenvalue weighted by Gasteiger charge is -2.20. The summed E-state index contributed by atoms with van der Waals surface area (Å²) in [6.45, 7) is 2.64. The Morgan fingerprint density at radius 2 is 1.95 bits per heavy atom. The summed E-state index contributed by atoms with van der Waals surface area (Å²) in [5.41, 5.74) is 5.57. The molecule has 0 aromatic heterocycles. The van der Waals surface area contributed by atoms with Crippen LogP contribution in [0.3, 0.4) is 0 Å². The zero-order valence-corrected chi connectivity index (χ0v) is 10.4. The number of anilines is 1. The van der Waals surface area contributed by atoms with Crippen molar-refractivity contribution in [3.8, 4) is 11.5 Å². The van der Waals surface area contributed by atoms with Gasteiger partial charge in [-0.25, -0.2) is 4.79 Å². The van der Waals surface area contributed by atoms with Crippen LogP contribution >= 0.6 is 0 Å². The van der Waals surface area contributed by atoms with Gasteiger partial charge < -0.3 is 20.5 Å². The summed E-state index contributed by atoms with van der Waals surface area (Å²) < 4.78 is 10.8. The van der Waals surface area contributed by atoms with E-state index >= 15 is 0 Å². The molecule has 19 heavy (non-hydrogen) atoms. The Labute approximate surface area is 110 Å². The Bertz CT molecular complexity index is 504. The van der Waals surface area contributed by atoms with Gasteiger partial charge >= 0.3 is 6.03 Å². The van der Waals surface area contributed by atoms with E-state index in [4.69, 9.17) is 15.2 Å². The van der Waals surface area contributed by atoms with Gasteiger partial charge in [0.2, 0.25) is 5.91 Å². The summed E-state index contributed by atoms with van der Waals surface area (Å²) >= 11 is 0. The maximum absolute atomic E-state index is 11.5. The van der Waals surface area contributed by atoms with Crippen molar-refractivity contribution in [3.63, 3.8) is 0 Å². The molecule has 1 atom stereocenters. The van der Waals surface area contributed by atoms with E-state index in [-0.39, 0.29) is 0 Å². The first kappa shape index (κ1) is 13.0. The van der Waals surface area contributed by atoms with Crippen LogP contribution < -0.4 is 25.8 Å². The van der Waals surface area contributed by atoms with Crippen molar-refractivity contribution in [2.45, 2.75) is 13.0 Å². The summed E-state index contributed by atoms with van der Waals surface area (Å²) in [6.07, 6.45) is 0. The van der Waals surface area contributed by atoms with E-state index in [1.165, 1.54) is 0 Å². The molecule has 1 heterocycles. The summed E-state index contributed by atoms with van der Waals surface area (Å²) in [5, 5.41) is 4.95. The van der Waals surface area contributed by atoms with E-state index in [9.17, 15) is 9.59 Å². The lowest BCUT2D eigenvalue weighted by molar-refractivity contribution is -0.120. The predicted molar refractivity (Wildman–Crippen MR) is 68.2 cm³/mol. The number of amides is 3. The fraction of sp³-hybridized carbons (Fsp3) is 0.333. The molecule has 1 unspecified atom stereocenters. The van der Waals surface area contributed by atoms with Crippen molar-refractivity contribution in [2.75, 3.05) is 18.5 Å².